The molecule has 1 heterocycles. The number of nitrogens with zero attached hydrogens (tertiary/aromatic N) is 2. The lowest BCUT2D eigenvalue weighted by atomic mass is 9.85. The highest BCUT2D eigenvalue weighted by molar-refractivity contribution is 6.21. The van der Waals surface area contributed by atoms with E-state index in [1.54, 1.807) is 0 Å². The minimum Gasteiger partial charge on any atom is -0.368 e. The summed E-state index contributed by atoms with van der Waals surface area (Å²) in [6, 6.07) is 7.95. The minimum absolute atomic E-state index is 0.376. The van der Waals surface area contributed by atoms with E-state index in [0.717, 1.165) is 41.9 Å². The third-order valence-corrected chi connectivity index (χ3v) is 3.84. The van der Waals surface area contributed by atoms with E-state index in [1.165, 1.54) is 0 Å². The monoisotopic (exact) mass is 261 g/mol. The summed E-state index contributed by atoms with van der Waals surface area (Å²) in [5, 5.41) is 3.77. The molecule has 0 atom stereocenters. The zero-order valence-electron chi connectivity index (χ0n) is 10.4. The molecule has 0 aliphatic heterocycles. The van der Waals surface area contributed by atoms with E-state index in [-0.39, 0.29) is 0 Å². The Hall–Kier alpha value is -1.35. The van der Waals surface area contributed by atoms with Crippen LogP contribution in [0.3, 0.4) is 0 Å². The predicted molar refractivity (Wildman–Crippen MR) is 75.1 cm³/mol. The van der Waals surface area contributed by atoms with E-state index >= 15 is 0 Å². The highest BCUT2D eigenvalue weighted by Gasteiger charge is 2.26. The van der Waals surface area contributed by atoms with E-state index in [0.29, 0.717) is 11.3 Å². The van der Waals surface area contributed by atoms with Crippen LogP contribution in [0.1, 0.15) is 18.5 Å². The Labute approximate surface area is 112 Å². The average Bonchev–Trinajstić information content (AvgIpc) is 2.33. The SMILES string of the molecule is Cc1nc2ccccc2nc1NCC1CC(Cl)C1. The summed E-state index contributed by atoms with van der Waals surface area (Å²) in [7, 11) is 0. The summed E-state index contributed by atoms with van der Waals surface area (Å²) in [5.41, 5.74) is 2.84. The van der Waals surface area contributed by atoms with Crippen LogP contribution < -0.4 is 5.32 Å². The third-order valence-electron chi connectivity index (χ3n) is 3.48. The van der Waals surface area contributed by atoms with E-state index in [4.69, 9.17) is 11.6 Å². The lowest BCUT2D eigenvalue weighted by molar-refractivity contribution is 0.341. The van der Waals surface area contributed by atoms with Crippen LogP contribution in [-0.4, -0.2) is 21.9 Å². The van der Waals surface area contributed by atoms with Crippen molar-refractivity contribution in [3.8, 4) is 0 Å². The van der Waals surface area contributed by atoms with Crippen LogP contribution in [0.2, 0.25) is 0 Å². The molecule has 1 aromatic carbocycles. The number of anilines is 1. The van der Waals surface area contributed by atoms with Crippen molar-refractivity contribution in [3.63, 3.8) is 0 Å². The molecule has 2 aromatic rings. The van der Waals surface area contributed by atoms with E-state index in [2.05, 4.69) is 15.3 Å². The van der Waals surface area contributed by atoms with Gasteiger partial charge in [-0.25, -0.2) is 9.97 Å². The van der Waals surface area contributed by atoms with E-state index in [1.807, 2.05) is 31.2 Å². The van der Waals surface area contributed by atoms with Gasteiger partial charge in [0.1, 0.15) is 5.82 Å². The van der Waals surface area contributed by atoms with Gasteiger partial charge in [-0.05, 0) is 37.8 Å². The van der Waals surface area contributed by atoms with Crippen LogP contribution in [0.25, 0.3) is 11.0 Å². The van der Waals surface area contributed by atoms with Gasteiger partial charge in [0.2, 0.25) is 0 Å². The van der Waals surface area contributed by atoms with Gasteiger partial charge >= 0.3 is 0 Å². The third kappa shape index (κ3) is 2.27. The summed E-state index contributed by atoms with van der Waals surface area (Å²) < 4.78 is 0. The lowest BCUT2D eigenvalue weighted by Crippen LogP contribution is -2.30. The molecule has 1 aromatic heterocycles. The normalized spacial score (nSPS) is 22.8. The number of benzene rings is 1. The van der Waals surface area contributed by atoms with Gasteiger partial charge in [-0.15, -0.1) is 11.6 Å². The zero-order valence-corrected chi connectivity index (χ0v) is 11.1. The molecule has 0 unspecified atom stereocenters. The van der Waals surface area contributed by atoms with Crippen molar-refractivity contribution in [1.29, 1.82) is 0 Å². The molecule has 4 heteroatoms. The van der Waals surface area contributed by atoms with Crippen LogP contribution in [0, 0.1) is 12.8 Å². The number of halogens is 1. The van der Waals surface area contributed by atoms with Crippen molar-refractivity contribution in [1.82, 2.24) is 9.97 Å². The number of aromatic nitrogens is 2. The number of hydrogen-bond donors (Lipinski definition) is 1. The number of aryl methyl sites for hydroxylation is 1. The molecule has 1 N–H and O–H groups in total. The van der Waals surface area contributed by atoms with Gasteiger partial charge in [0.15, 0.2) is 0 Å². The first kappa shape index (κ1) is 11.7. The van der Waals surface area contributed by atoms with Crippen molar-refractivity contribution in [2.24, 2.45) is 5.92 Å². The summed E-state index contributed by atoms with van der Waals surface area (Å²) in [6.07, 6.45) is 2.21. The predicted octanol–water partition coefficient (Wildman–Crippen LogP) is 3.37. The van der Waals surface area contributed by atoms with Crippen molar-refractivity contribution in [2.75, 3.05) is 11.9 Å². The van der Waals surface area contributed by atoms with Crippen molar-refractivity contribution in [2.45, 2.75) is 25.1 Å². The van der Waals surface area contributed by atoms with Crippen molar-refractivity contribution < 1.29 is 0 Å². The molecule has 0 spiro atoms. The highest BCUT2D eigenvalue weighted by Crippen LogP contribution is 2.32. The second kappa shape index (κ2) is 4.73. The van der Waals surface area contributed by atoms with Crippen LogP contribution in [-0.2, 0) is 0 Å². The Morgan fingerprint density at radius 2 is 1.89 bits per heavy atom. The Morgan fingerprint density at radius 3 is 2.56 bits per heavy atom. The molecule has 3 nitrogen and oxygen atoms in total. The van der Waals surface area contributed by atoms with Crippen LogP contribution in [0.5, 0.6) is 0 Å². The van der Waals surface area contributed by atoms with Gasteiger partial charge in [-0.1, -0.05) is 12.1 Å². The topological polar surface area (TPSA) is 37.8 Å². The Balaban J connectivity index is 1.76. The number of fused-ring (bicyclic) bond motifs is 1. The van der Waals surface area contributed by atoms with Gasteiger partial charge in [0.05, 0.1) is 16.7 Å². The van der Waals surface area contributed by atoms with Gasteiger partial charge < -0.3 is 5.32 Å². The molecular weight excluding hydrogens is 246 g/mol. The minimum atomic E-state index is 0.376. The van der Waals surface area contributed by atoms with Gasteiger partial charge in [-0.2, -0.15) is 0 Å². The number of nitrogens with one attached hydrogen (secondary N) is 1. The summed E-state index contributed by atoms with van der Waals surface area (Å²) in [6.45, 7) is 2.93. The Kier molecular flexibility index (Phi) is 3.08. The van der Waals surface area contributed by atoms with Crippen LogP contribution in [0.15, 0.2) is 24.3 Å². The molecule has 1 aliphatic carbocycles. The summed E-state index contributed by atoms with van der Waals surface area (Å²) in [4.78, 5) is 9.18. The van der Waals surface area contributed by atoms with Crippen LogP contribution in [0.4, 0.5) is 5.82 Å². The van der Waals surface area contributed by atoms with Crippen molar-refractivity contribution in [3.05, 3.63) is 30.0 Å². The first-order valence-electron chi connectivity index (χ1n) is 6.33. The second-order valence-corrected chi connectivity index (χ2v) is 5.58. The molecule has 0 bridgehead atoms. The number of alkyl halides is 1. The zero-order chi connectivity index (χ0) is 12.5. The second-order valence-electron chi connectivity index (χ2n) is 4.96. The lowest BCUT2D eigenvalue weighted by Gasteiger charge is -2.31. The molecule has 1 fully saturated rings. The molecule has 0 saturated heterocycles. The molecule has 3 rings (SSSR count). The summed E-state index contributed by atoms with van der Waals surface area (Å²) >= 11 is 5.98. The molecule has 1 saturated carbocycles. The molecule has 94 valence electrons. The first-order valence-corrected chi connectivity index (χ1v) is 6.77. The quantitative estimate of drug-likeness (QED) is 0.861. The first-order chi connectivity index (χ1) is 8.72. The van der Waals surface area contributed by atoms with Crippen LogP contribution >= 0.6 is 11.6 Å². The largest absolute Gasteiger partial charge is 0.368 e. The fourth-order valence-electron chi connectivity index (χ4n) is 2.32. The molecule has 0 amide bonds. The Bertz CT molecular complexity index is 564. The van der Waals surface area contributed by atoms with Gasteiger partial charge in [0, 0.05) is 11.9 Å². The van der Waals surface area contributed by atoms with Gasteiger partial charge in [-0.3, -0.25) is 0 Å². The molecule has 0 radical (unpaired) electrons. The fourth-order valence-corrected chi connectivity index (χ4v) is 2.82. The fraction of sp³-hybridized carbons (Fsp3) is 0.429. The van der Waals surface area contributed by atoms with E-state index < -0.39 is 0 Å². The standard InChI is InChI=1S/C14H16ClN3/c1-9-14(16-8-10-6-11(15)7-10)18-13-5-3-2-4-12(13)17-9/h2-5,10-11H,6-8H2,1H3,(H,16,18). The highest BCUT2D eigenvalue weighted by atomic mass is 35.5. The molecular formula is C14H16ClN3. The van der Waals surface area contributed by atoms with Crippen molar-refractivity contribution >= 4 is 28.5 Å². The molecule has 1 aliphatic rings. The number of hydrogen-bond acceptors (Lipinski definition) is 3. The number of para-hydroxylation sites is 2. The maximum atomic E-state index is 5.98. The maximum Gasteiger partial charge on any atom is 0.148 e. The van der Waals surface area contributed by atoms with E-state index in [9.17, 15) is 0 Å². The summed E-state index contributed by atoms with van der Waals surface area (Å²) in [5.74, 6) is 1.58. The average molecular weight is 262 g/mol. The Morgan fingerprint density at radius 1 is 1.22 bits per heavy atom. The molecule has 18 heavy (non-hydrogen) atoms. The maximum absolute atomic E-state index is 5.98. The smallest absolute Gasteiger partial charge is 0.148 e. The number of rotatable bonds is 3. The van der Waals surface area contributed by atoms with Gasteiger partial charge in [0.25, 0.3) is 0 Å².